The van der Waals surface area contributed by atoms with Crippen molar-refractivity contribution in [2.45, 2.75) is 12.8 Å². The molecule has 3 heterocycles. The van der Waals surface area contributed by atoms with E-state index in [0.29, 0.717) is 0 Å². The van der Waals surface area contributed by atoms with Crippen molar-refractivity contribution in [3.63, 3.8) is 0 Å². The van der Waals surface area contributed by atoms with Gasteiger partial charge in [-0.2, -0.15) is 0 Å². The molecular weight excluding hydrogens is 124 g/mol. The Bertz CT molecular complexity index is 116. The lowest BCUT2D eigenvalue weighted by Crippen LogP contribution is -2.49. The summed E-state index contributed by atoms with van der Waals surface area (Å²) in [7, 11) is 0. The molecule has 0 amide bonds. The van der Waals surface area contributed by atoms with Gasteiger partial charge in [-0.3, -0.25) is 0 Å². The SMILES string of the molecule is NC[C@H]1CN2CCC1CC2. The van der Waals surface area contributed by atoms with Crippen LogP contribution in [-0.4, -0.2) is 31.1 Å². The van der Waals surface area contributed by atoms with Crippen LogP contribution in [0.4, 0.5) is 0 Å². The van der Waals surface area contributed by atoms with E-state index in [1.165, 1.54) is 32.5 Å². The van der Waals surface area contributed by atoms with Gasteiger partial charge in [0.05, 0.1) is 0 Å². The summed E-state index contributed by atoms with van der Waals surface area (Å²) in [6.45, 7) is 4.85. The normalized spacial score (nSPS) is 45.9. The van der Waals surface area contributed by atoms with Crippen LogP contribution in [0.25, 0.3) is 0 Å². The highest BCUT2D eigenvalue weighted by Gasteiger charge is 2.32. The maximum Gasteiger partial charge on any atom is 0.00244 e. The van der Waals surface area contributed by atoms with Crippen molar-refractivity contribution >= 4 is 0 Å². The van der Waals surface area contributed by atoms with E-state index >= 15 is 0 Å². The highest BCUT2D eigenvalue weighted by Crippen LogP contribution is 2.31. The molecule has 2 nitrogen and oxygen atoms in total. The molecule has 3 aliphatic rings. The molecule has 2 N–H and O–H groups in total. The minimum atomic E-state index is 0.822. The van der Waals surface area contributed by atoms with Crippen LogP contribution in [0, 0.1) is 11.8 Å². The van der Waals surface area contributed by atoms with Crippen LogP contribution in [0.5, 0.6) is 0 Å². The number of fused-ring (bicyclic) bond motifs is 3. The third-order valence-electron chi connectivity index (χ3n) is 3.09. The van der Waals surface area contributed by atoms with Crippen LogP contribution >= 0.6 is 0 Å². The molecule has 0 aliphatic carbocycles. The van der Waals surface area contributed by atoms with Gasteiger partial charge in [0.15, 0.2) is 0 Å². The first-order valence-corrected chi connectivity index (χ1v) is 4.32. The predicted octanol–water partition coefficient (Wildman–Crippen LogP) is 0.287. The molecule has 10 heavy (non-hydrogen) atoms. The predicted molar refractivity (Wildman–Crippen MR) is 41.7 cm³/mol. The van der Waals surface area contributed by atoms with Crippen LogP contribution in [0.3, 0.4) is 0 Å². The van der Waals surface area contributed by atoms with Gasteiger partial charge in [0.1, 0.15) is 0 Å². The van der Waals surface area contributed by atoms with E-state index in [2.05, 4.69) is 4.90 Å². The summed E-state index contributed by atoms with van der Waals surface area (Å²) in [5.74, 6) is 1.79. The highest BCUT2D eigenvalue weighted by molar-refractivity contribution is 4.86. The smallest absolute Gasteiger partial charge is 0.00244 e. The third-order valence-corrected chi connectivity index (χ3v) is 3.09. The number of nitrogens with zero attached hydrogens (tertiary/aromatic N) is 1. The van der Waals surface area contributed by atoms with Crippen molar-refractivity contribution in [1.82, 2.24) is 4.90 Å². The second kappa shape index (κ2) is 2.51. The molecule has 3 fully saturated rings. The van der Waals surface area contributed by atoms with Crippen molar-refractivity contribution in [3.8, 4) is 0 Å². The van der Waals surface area contributed by atoms with Gasteiger partial charge in [0.25, 0.3) is 0 Å². The molecule has 0 aromatic heterocycles. The van der Waals surface area contributed by atoms with Crippen molar-refractivity contribution < 1.29 is 0 Å². The van der Waals surface area contributed by atoms with Crippen LogP contribution in [-0.2, 0) is 0 Å². The summed E-state index contributed by atoms with van der Waals surface area (Å²) in [6, 6.07) is 0. The maximum absolute atomic E-state index is 5.66. The van der Waals surface area contributed by atoms with E-state index in [4.69, 9.17) is 5.73 Å². The first-order chi connectivity index (χ1) is 4.90. The van der Waals surface area contributed by atoms with Crippen molar-refractivity contribution in [1.29, 1.82) is 0 Å². The molecule has 0 spiro atoms. The summed E-state index contributed by atoms with van der Waals surface area (Å²) >= 11 is 0. The second-order valence-electron chi connectivity index (χ2n) is 3.63. The van der Waals surface area contributed by atoms with E-state index < -0.39 is 0 Å². The van der Waals surface area contributed by atoms with Gasteiger partial charge in [0, 0.05) is 6.54 Å². The lowest BCUT2D eigenvalue weighted by atomic mass is 9.79. The standard InChI is InChI=1S/C8H16N2/c9-5-8-6-10-3-1-7(8)2-4-10/h7-8H,1-6,9H2/t8-/m0/s1. The Balaban J connectivity index is 2.01. The fraction of sp³-hybridized carbons (Fsp3) is 1.00. The van der Waals surface area contributed by atoms with Crippen molar-refractivity contribution in [3.05, 3.63) is 0 Å². The monoisotopic (exact) mass is 140 g/mol. The van der Waals surface area contributed by atoms with E-state index in [1.54, 1.807) is 0 Å². The fourth-order valence-corrected chi connectivity index (χ4v) is 2.35. The molecule has 0 aromatic carbocycles. The zero-order valence-electron chi connectivity index (χ0n) is 6.42. The molecule has 0 aromatic rings. The van der Waals surface area contributed by atoms with E-state index in [9.17, 15) is 0 Å². The van der Waals surface area contributed by atoms with Crippen molar-refractivity contribution in [2.24, 2.45) is 17.6 Å². The summed E-state index contributed by atoms with van der Waals surface area (Å²) in [4.78, 5) is 2.55. The first kappa shape index (κ1) is 6.62. The summed E-state index contributed by atoms with van der Waals surface area (Å²) in [5.41, 5.74) is 5.66. The van der Waals surface area contributed by atoms with Gasteiger partial charge < -0.3 is 10.6 Å². The molecule has 3 saturated heterocycles. The molecule has 0 radical (unpaired) electrons. The molecule has 0 unspecified atom stereocenters. The van der Waals surface area contributed by atoms with Crippen LogP contribution in [0.15, 0.2) is 0 Å². The molecule has 2 bridgehead atoms. The Morgan fingerprint density at radius 3 is 2.30 bits per heavy atom. The van der Waals surface area contributed by atoms with Gasteiger partial charge in [-0.25, -0.2) is 0 Å². The molecule has 0 saturated carbocycles. The fourth-order valence-electron chi connectivity index (χ4n) is 2.35. The molecule has 2 heteroatoms. The Morgan fingerprint density at radius 1 is 1.30 bits per heavy atom. The number of hydrogen-bond donors (Lipinski definition) is 1. The minimum absolute atomic E-state index is 0.822. The van der Waals surface area contributed by atoms with Gasteiger partial charge in [-0.1, -0.05) is 0 Å². The summed E-state index contributed by atoms with van der Waals surface area (Å²) < 4.78 is 0. The average Bonchev–Trinajstić information content (AvgIpc) is 2.06. The lowest BCUT2D eigenvalue weighted by molar-refractivity contribution is 0.0554. The summed E-state index contributed by atoms with van der Waals surface area (Å²) in [6.07, 6.45) is 2.81. The zero-order chi connectivity index (χ0) is 6.97. The molecule has 58 valence electrons. The van der Waals surface area contributed by atoms with E-state index in [-0.39, 0.29) is 0 Å². The molecule has 1 atom stereocenters. The number of nitrogens with two attached hydrogens (primary N) is 1. The van der Waals surface area contributed by atoms with Crippen LogP contribution in [0.1, 0.15) is 12.8 Å². The van der Waals surface area contributed by atoms with Gasteiger partial charge in [0.2, 0.25) is 0 Å². The van der Waals surface area contributed by atoms with Crippen LogP contribution in [0.2, 0.25) is 0 Å². The Hall–Kier alpha value is -0.0800. The van der Waals surface area contributed by atoms with Gasteiger partial charge in [-0.05, 0) is 44.3 Å². The van der Waals surface area contributed by atoms with E-state index in [1.807, 2.05) is 0 Å². The van der Waals surface area contributed by atoms with E-state index in [0.717, 1.165) is 18.4 Å². The number of rotatable bonds is 1. The number of piperidine rings is 3. The first-order valence-electron chi connectivity index (χ1n) is 4.32. The Morgan fingerprint density at radius 2 is 2.00 bits per heavy atom. The lowest BCUT2D eigenvalue weighted by Gasteiger charge is -2.44. The molecular formula is C8H16N2. The Labute approximate surface area is 62.4 Å². The quantitative estimate of drug-likeness (QED) is 0.567. The van der Waals surface area contributed by atoms with Gasteiger partial charge >= 0.3 is 0 Å². The largest absolute Gasteiger partial charge is 0.330 e. The topological polar surface area (TPSA) is 29.3 Å². The average molecular weight is 140 g/mol. The minimum Gasteiger partial charge on any atom is -0.330 e. The van der Waals surface area contributed by atoms with Crippen molar-refractivity contribution in [2.75, 3.05) is 26.2 Å². The maximum atomic E-state index is 5.66. The second-order valence-corrected chi connectivity index (χ2v) is 3.63. The Kier molecular flexibility index (Phi) is 1.66. The molecule has 3 rings (SSSR count). The zero-order valence-corrected chi connectivity index (χ0v) is 6.42. The van der Waals surface area contributed by atoms with Crippen LogP contribution < -0.4 is 5.73 Å². The highest BCUT2D eigenvalue weighted by atomic mass is 15.1. The summed E-state index contributed by atoms with van der Waals surface area (Å²) in [5, 5.41) is 0. The van der Waals surface area contributed by atoms with Gasteiger partial charge in [-0.15, -0.1) is 0 Å². The third kappa shape index (κ3) is 0.956. The molecule has 3 aliphatic heterocycles. The number of hydrogen-bond acceptors (Lipinski definition) is 2.